The Morgan fingerprint density at radius 1 is 1.15 bits per heavy atom. The summed E-state index contributed by atoms with van der Waals surface area (Å²) in [5.74, 6) is 0.912. The first-order valence-electron chi connectivity index (χ1n) is 7.11. The SMILES string of the molecule is CCN(C)CCc1c(-c2ccco2)[nH]c2ccccc12. The number of fused-ring (bicyclic) bond motifs is 1. The van der Waals surface area contributed by atoms with Gasteiger partial charge in [-0.3, -0.25) is 0 Å². The molecule has 0 amide bonds. The van der Waals surface area contributed by atoms with E-state index < -0.39 is 0 Å². The molecule has 0 radical (unpaired) electrons. The maximum atomic E-state index is 5.58. The van der Waals surface area contributed by atoms with Crippen molar-refractivity contribution in [1.29, 1.82) is 0 Å². The predicted molar refractivity (Wildman–Crippen MR) is 82.9 cm³/mol. The van der Waals surface area contributed by atoms with E-state index in [-0.39, 0.29) is 0 Å². The summed E-state index contributed by atoms with van der Waals surface area (Å²) in [6, 6.07) is 12.4. The number of rotatable bonds is 5. The standard InChI is InChI=1S/C17H20N2O/c1-3-19(2)11-10-14-13-7-4-5-8-15(13)18-17(14)16-9-6-12-20-16/h4-9,12,18H,3,10-11H2,1-2H3. The normalized spacial score (nSPS) is 11.6. The van der Waals surface area contributed by atoms with Gasteiger partial charge in [0.15, 0.2) is 0 Å². The molecule has 1 N–H and O–H groups in total. The molecule has 0 aliphatic carbocycles. The lowest BCUT2D eigenvalue weighted by Crippen LogP contribution is -2.20. The van der Waals surface area contributed by atoms with Gasteiger partial charge in [0.2, 0.25) is 0 Å². The van der Waals surface area contributed by atoms with Crippen molar-refractivity contribution < 1.29 is 4.42 Å². The van der Waals surface area contributed by atoms with Crippen molar-refractivity contribution >= 4 is 10.9 Å². The number of benzene rings is 1. The van der Waals surface area contributed by atoms with Crippen LogP contribution in [0.3, 0.4) is 0 Å². The van der Waals surface area contributed by atoms with Crippen LogP contribution in [-0.2, 0) is 6.42 Å². The van der Waals surface area contributed by atoms with E-state index in [9.17, 15) is 0 Å². The number of hydrogen-bond donors (Lipinski definition) is 1. The molecular formula is C17H20N2O. The van der Waals surface area contributed by atoms with E-state index in [1.807, 2.05) is 12.1 Å². The van der Waals surface area contributed by atoms with Crippen molar-refractivity contribution in [2.24, 2.45) is 0 Å². The van der Waals surface area contributed by atoms with Gasteiger partial charge in [-0.05, 0) is 43.8 Å². The zero-order chi connectivity index (χ0) is 13.9. The van der Waals surface area contributed by atoms with Gasteiger partial charge in [0.1, 0.15) is 5.76 Å². The number of likely N-dealkylation sites (N-methyl/N-ethyl adjacent to an activating group) is 1. The van der Waals surface area contributed by atoms with E-state index in [0.717, 1.165) is 31.0 Å². The Kier molecular flexibility index (Phi) is 3.61. The zero-order valence-electron chi connectivity index (χ0n) is 12.0. The van der Waals surface area contributed by atoms with Crippen molar-refractivity contribution in [2.45, 2.75) is 13.3 Å². The van der Waals surface area contributed by atoms with Crippen molar-refractivity contribution in [3.05, 3.63) is 48.2 Å². The highest BCUT2D eigenvalue weighted by molar-refractivity contribution is 5.89. The largest absolute Gasteiger partial charge is 0.463 e. The third-order valence-corrected chi connectivity index (χ3v) is 3.86. The molecule has 3 nitrogen and oxygen atoms in total. The smallest absolute Gasteiger partial charge is 0.150 e. The molecule has 20 heavy (non-hydrogen) atoms. The van der Waals surface area contributed by atoms with Gasteiger partial charge in [0.25, 0.3) is 0 Å². The summed E-state index contributed by atoms with van der Waals surface area (Å²) in [5, 5.41) is 1.29. The summed E-state index contributed by atoms with van der Waals surface area (Å²) in [6.45, 7) is 4.30. The lowest BCUT2D eigenvalue weighted by atomic mass is 10.1. The average Bonchev–Trinajstić information content (AvgIpc) is 3.11. The molecule has 2 aromatic heterocycles. The van der Waals surface area contributed by atoms with Gasteiger partial charge in [0.05, 0.1) is 12.0 Å². The van der Waals surface area contributed by atoms with Crippen LogP contribution >= 0.6 is 0 Å². The average molecular weight is 268 g/mol. The van der Waals surface area contributed by atoms with Gasteiger partial charge in [-0.15, -0.1) is 0 Å². The van der Waals surface area contributed by atoms with Crippen molar-refractivity contribution in [3.8, 4) is 11.5 Å². The molecule has 104 valence electrons. The van der Waals surface area contributed by atoms with E-state index in [1.165, 1.54) is 16.5 Å². The number of aromatic nitrogens is 1. The third kappa shape index (κ3) is 2.37. The number of nitrogens with zero attached hydrogens (tertiary/aromatic N) is 1. The van der Waals surface area contributed by atoms with Crippen molar-refractivity contribution in [2.75, 3.05) is 20.1 Å². The summed E-state index contributed by atoms with van der Waals surface area (Å²) < 4.78 is 5.58. The monoisotopic (exact) mass is 268 g/mol. The fourth-order valence-corrected chi connectivity index (χ4v) is 2.55. The topological polar surface area (TPSA) is 32.2 Å². The Labute approximate surface area is 119 Å². The minimum absolute atomic E-state index is 0.912. The number of furan rings is 1. The molecule has 0 saturated carbocycles. The highest BCUT2D eigenvalue weighted by Gasteiger charge is 2.14. The summed E-state index contributed by atoms with van der Waals surface area (Å²) >= 11 is 0. The van der Waals surface area contributed by atoms with E-state index >= 15 is 0 Å². The Morgan fingerprint density at radius 3 is 2.75 bits per heavy atom. The number of hydrogen-bond acceptors (Lipinski definition) is 2. The fraction of sp³-hybridized carbons (Fsp3) is 0.294. The minimum Gasteiger partial charge on any atom is -0.463 e. The molecule has 0 bridgehead atoms. The summed E-state index contributed by atoms with van der Waals surface area (Å²) in [6.07, 6.45) is 2.74. The number of nitrogens with one attached hydrogen (secondary N) is 1. The van der Waals surface area contributed by atoms with E-state index in [2.05, 4.69) is 48.1 Å². The van der Waals surface area contributed by atoms with E-state index in [1.54, 1.807) is 6.26 Å². The fourth-order valence-electron chi connectivity index (χ4n) is 2.55. The molecule has 2 heterocycles. The second-order valence-electron chi connectivity index (χ2n) is 5.15. The predicted octanol–water partition coefficient (Wildman–Crippen LogP) is 3.92. The van der Waals surface area contributed by atoms with Crippen LogP contribution in [0.4, 0.5) is 0 Å². The van der Waals surface area contributed by atoms with Crippen LogP contribution < -0.4 is 0 Å². The molecule has 0 aliphatic heterocycles. The molecule has 0 fully saturated rings. The first-order chi connectivity index (χ1) is 9.79. The highest BCUT2D eigenvalue weighted by atomic mass is 16.3. The van der Waals surface area contributed by atoms with Crippen LogP contribution in [0.15, 0.2) is 47.1 Å². The Balaban J connectivity index is 2.04. The van der Waals surface area contributed by atoms with Crippen LogP contribution in [0.5, 0.6) is 0 Å². The first-order valence-corrected chi connectivity index (χ1v) is 7.11. The second kappa shape index (κ2) is 5.55. The van der Waals surface area contributed by atoms with Gasteiger partial charge in [-0.25, -0.2) is 0 Å². The molecule has 3 rings (SSSR count). The van der Waals surface area contributed by atoms with E-state index in [4.69, 9.17) is 4.42 Å². The molecule has 3 aromatic rings. The number of H-pyrrole nitrogens is 1. The summed E-state index contributed by atoms with van der Waals surface area (Å²) in [4.78, 5) is 5.82. The molecule has 3 heteroatoms. The highest BCUT2D eigenvalue weighted by Crippen LogP contribution is 2.31. The van der Waals surface area contributed by atoms with Crippen LogP contribution in [0, 0.1) is 0 Å². The molecular weight excluding hydrogens is 248 g/mol. The molecule has 0 aliphatic rings. The second-order valence-corrected chi connectivity index (χ2v) is 5.15. The molecule has 0 unspecified atom stereocenters. The maximum Gasteiger partial charge on any atom is 0.150 e. The van der Waals surface area contributed by atoms with Crippen LogP contribution in [0.1, 0.15) is 12.5 Å². The first kappa shape index (κ1) is 13.0. The number of para-hydroxylation sites is 1. The van der Waals surface area contributed by atoms with E-state index in [0.29, 0.717) is 0 Å². The van der Waals surface area contributed by atoms with Gasteiger partial charge in [-0.1, -0.05) is 25.1 Å². The number of aromatic amines is 1. The van der Waals surface area contributed by atoms with Gasteiger partial charge >= 0.3 is 0 Å². The Hall–Kier alpha value is -2.00. The van der Waals surface area contributed by atoms with Crippen LogP contribution in [0.25, 0.3) is 22.4 Å². The molecule has 1 aromatic carbocycles. The van der Waals surface area contributed by atoms with Crippen molar-refractivity contribution in [1.82, 2.24) is 9.88 Å². The van der Waals surface area contributed by atoms with Gasteiger partial charge in [0, 0.05) is 17.4 Å². The quantitative estimate of drug-likeness (QED) is 0.760. The zero-order valence-corrected chi connectivity index (χ0v) is 12.0. The summed E-state index contributed by atoms with van der Waals surface area (Å²) in [7, 11) is 2.15. The molecule has 0 atom stereocenters. The van der Waals surface area contributed by atoms with Crippen LogP contribution in [0.2, 0.25) is 0 Å². The maximum absolute atomic E-state index is 5.58. The minimum atomic E-state index is 0.912. The van der Waals surface area contributed by atoms with Gasteiger partial charge in [-0.2, -0.15) is 0 Å². The molecule has 0 saturated heterocycles. The lowest BCUT2D eigenvalue weighted by Gasteiger charge is -2.13. The van der Waals surface area contributed by atoms with Crippen LogP contribution in [-0.4, -0.2) is 30.0 Å². The Bertz CT molecular complexity index is 682. The Morgan fingerprint density at radius 2 is 2.00 bits per heavy atom. The lowest BCUT2D eigenvalue weighted by molar-refractivity contribution is 0.358. The summed E-state index contributed by atoms with van der Waals surface area (Å²) in [5.41, 5.74) is 3.63. The molecule has 0 spiro atoms. The van der Waals surface area contributed by atoms with Crippen molar-refractivity contribution in [3.63, 3.8) is 0 Å². The third-order valence-electron chi connectivity index (χ3n) is 3.86. The van der Waals surface area contributed by atoms with Gasteiger partial charge < -0.3 is 14.3 Å².